The van der Waals surface area contributed by atoms with Crippen LogP contribution in [0.4, 0.5) is 0 Å². The lowest BCUT2D eigenvalue weighted by atomic mass is 10.1. The fourth-order valence-corrected chi connectivity index (χ4v) is 2.24. The van der Waals surface area contributed by atoms with Crippen molar-refractivity contribution in [3.8, 4) is 5.75 Å². The van der Waals surface area contributed by atoms with Gasteiger partial charge in [-0.3, -0.25) is 0 Å². The van der Waals surface area contributed by atoms with E-state index in [1.165, 1.54) is 11.3 Å². The van der Waals surface area contributed by atoms with Crippen molar-refractivity contribution >= 4 is 11.8 Å². The number of thioether (sulfide) groups is 1. The van der Waals surface area contributed by atoms with Crippen molar-refractivity contribution in [3.05, 3.63) is 29.3 Å². The van der Waals surface area contributed by atoms with Crippen molar-refractivity contribution < 1.29 is 4.74 Å². The van der Waals surface area contributed by atoms with E-state index in [-0.39, 0.29) is 6.04 Å². The van der Waals surface area contributed by atoms with Crippen LogP contribution in [-0.2, 0) is 0 Å². The van der Waals surface area contributed by atoms with Crippen LogP contribution in [0.25, 0.3) is 0 Å². The van der Waals surface area contributed by atoms with Crippen molar-refractivity contribution in [1.82, 2.24) is 0 Å². The van der Waals surface area contributed by atoms with Crippen molar-refractivity contribution in [1.29, 1.82) is 0 Å². The number of hydrogen-bond donors (Lipinski definition) is 1. The molecule has 0 aliphatic rings. The van der Waals surface area contributed by atoms with E-state index in [0.29, 0.717) is 0 Å². The van der Waals surface area contributed by atoms with E-state index in [1.54, 1.807) is 0 Å². The highest BCUT2D eigenvalue weighted by atomic mass is 32.2. The highest BCUT2D eigenvalue weighted by Crippen LogP contribution is 2.25. The van der Waals surface area contributed by atoms with Crippen LogP contribution in [-0.4, -0.2) is 18.1 Å². The van der Waals surface area contributed by atoms with Crippen LogP contribution in [0.15, 0.2) is 18.2 Å². The van der Waals surface area contributed by atoms with E-state index in [4.69, 9.17) is 10.5 Å². The Morgan fingerprint density at radius 1 is 1.41 bits per heavy atom. The largest absolute Gasteiger partial charge is 0.493 e. The van der Waals surface area contributed by atoms with Crippen LogP contribution >= 0.6 is 11.8 Å². The fourth-order valence-electron chi connectivity index (χ4n) is 1.63. The molecule has 1 rings (SSSR count). The Labute approximate surface area is 109 Å². The Morgan fingerprint density at radius 2 is 2.18 bits per heavy atom. The van der Waals surface area contributed by atoms with E-state index in [9.17, 15) is 0 Å². The first-order chi connectivity index (χ1) is 8.15. The lowest BCUT2D eigenvalue weighted by Crippen LogP contribution is -2.09. The number of hydrogen-bond acceptors (Lipinski definition) is 3. The molecule has 0 heterocycles. The molecule has 0 aliphatic carbocycles. The molecule has 0 unspecified atom stereocenters. The van der Waals surface area contributed by atoms with Gasteiger partial charge in [-0.05, 0) is 43.4 Å². The lowest BCUT2D eigenvalue weighted by Gasteiger charge is -2.14. The quantitative estimate of drug-likeness (QED) is 0.755. The van der Waals surface area contributed by atoms with Gasteiger partial charge in [-0.1, -0.05) is 19.1 Å². The molecule has 0 radical (unpaired) electrons. The van der Waals surface area contributed by atoms with Gasteiger partial charge in [0.25, 0.3) is 0 Å². The Bertz CT molecular complexity index is 339. The maximum Gasteiger partial charge on any atom is 0.124 e. The summed E-state index contributed by atoms with van der Waals surface area (Å²) in [6.45, 7) is 7.02. The lowest BCUT2D eigenvalue weighted by molar-refractivity contribution is 0.314. The number of nitrogens with two attached hydrogens (primary N) is 1. The van der Waals surface area contributed by atoms with Crippen LogP contribution < -0.4 is 10.5 Å². The van der Waals surface area contributed by atoms with E-state index in [1.807, 2.05) is 18.7 Å². The van der Waals surface area contributed by atoms with E-state index in [0.717, 1.165) is 30.1 Å². The van der Waals surface area contributed by atoms with E-state index < -0.39 is 0 Å². The van der Waals surface area contributed by atoms with Gasteiger partial charge in [0, 0.05) is 11.6 Å². The summed E-state index contributed by atoms with van der Waals surface area (Å²) in [5.41, 5.74) is 8.24. The Hall–Kier alpha value is -0.670. The Kier molecular flexibility index (Phi) is 6.45. The van der Waals surface area contributed by atoms with Gasteiger partial charge in [0.15, 0.2) is 0 Å². The molecule has 0 bridgehead atoms. The third-order valence-electron chi connectivity index (χ3n) is 2.55. The van der Waals surface area contributed by atoms with Gasteiger partial charge in [0.05, 0.1) is 6.61 Å². The second-order valence-corrected chi connectivity index (χ2v) is 5.62. The minimum Gasteiger partial charge on any atom is -0.493 e. The zero-order valence-corrected chi connectivity index (χ0v) is 11.8. The maximum atomic E-state index is 5.93. The summed E-state index contributed by atoms with van der Waals surface area (Å²) in [4.78, 5) is 0. The molecular formula is C14H23NOS. The average molecular weight is 253 g/mol. The molecule has 17 heavy (non-hydrogen) atoms. The smallest absolute Gasteiger partial charge is 0.124 e. The second kappa shape index (κ2) is 7.62. The summed E-state index contributed by atoms with van der Waals surface area (Å²) in [6.07, 6.45) is 1.09. The molecule has 0 fully saturated rings. The monoisotopic (exact) mass is 253 g/mol. The molecule has 0 aliphatic heterocycles. The van der Waals surface area contributed by atoms with Crippen LogP contribution in [0.2, 0.25) is 0 Å². The third kappa shape index (κ3) is 5.00. The van der Waals surface area contributed by atoms with Crippen molar-refractivity contribution in [2.45, 2.75) is 33.2 Å². The van der Waals surface area contributed by atoms with Gasteiger partial charge < -0.3 is 10.5 Å². The van der Waals surface area contributed by atoms with Crippen LogP contribution in [0.1, 0.15) is 37.4 Å². The first-order valence-corrected chi connectivity index (χ1v) is 7.37. The SMILES string of the molecule is CCSCCCOc1cc(C)ccc1[C@@H](C)N. The van der Waals surface area contributed by atoms with Crippen molar-refractivity contribution in [2.24, 2.45) is 5.73 Å². The molecule has 96 valence electrons. The molecule has 2 N–H and O–H groups in total. The zero-order chi connectivity index (χ0) is 12.7. The van der Waals surface area contributed by atoms with Gasteiger partial charge in [-0.2, -0.15) is 11.8 Å². The van der Waals surface area contributed by atoms with Crippen molar-refractivity contribution in [2.75, 3.05) is 18.1 Å². The number of aryl methyl sites for hydroxylation is 1. The number of benzene rings is 1. The summed E-state index contributed by atoms with van der Waals surface area (Å²) in [6, 6.07) is 6.25. The minimum absolute atomic E-state index is 0.0237. The van der Waals surface area contributed by atoms with Crippen LogP contribution in [0.3, 0.4) is 0 Å². The van der Waals surface area contributed by atoms with Gasteiger partial charge in [-0.25, -0.2) is 0 Å². The summed E-state index contributed by atoms with van der Waals surface area (Å²) in [7, 11) is 0. The molecular weight excluding hydrogens is 230 g/mol. The first kappa shape index (κ1) is 14.4. The molecule has 3 heteroatoms. The Morgan fingerprint density at radius 3 is 2.82 bits per heavy atom. The number of rotatable bonds is 7. The molecule has 0 aromatic heterocycles. The van der Waals surface area contributed by atoms with Gasteiger partial charge in [-0.15, -0.1) is 0 Å². The molecule has 0 saturated heterocycles. The van der Waals surface area contributed by atoms with Gasteiger partial charge in [0.2, 0.25) is 0 Å². The molecule has 2 nitrogen and oxygen atoms in total. The summed E-state index contributed by atoms with van der Waals surface area (Å²) < 4.78 is 5.83. The predicted octanol–water partition coefficient (Wildman–Crippen LogP) is 3.54. The average Bonchev–Trinajstić information content (AvgIpc) is 2.28. The molecule has 0 spiro atoms. The predicted molar refractivity (Wildman–Crippen MR) is 76.9 cm³/mol. The topological polar surface area (TPSA) is 35.2 Å². The van der Waals surface area contributed by atoms with Gasteiger partial charge in [0.1, 0.15) is 5.75 Å². The molecule has 1 aromatic rings. The van der Waals surface area contributed by atoms with E-state index >= 15 is 0 Å². The summed E-state index contributed by atoms with van der Waals surface area (Å²) in [5.74, 6) is 3.28. The molecule has 0 amide bonds. The fraction of sp³-hybridized carbons (Fsp3) is 0.571. The maximum absolute atomic E-state index is 5.93. The molecule has 1 aromatic carbocycles. The minimum atomic E-state index is 0.0237. The zero-order valence-electron chi connectivity index (χ0n) is 11.0. The molecule has 0 saturated carbocycles. The Balaban J connectivity index is 2.53. The summed E-state index contributed by atoms with van der Waals surface area (Å²) in [5, 5.41) is 0. The van der Waals surface area contributed by atoms with E-state index in [2.05, 4.69) is 32.0 Å². The first-order valence-electron chi connectivity index (χ1n) is 6.21. The van der Waals surface area contributed by atoms with Crippen molar-refractivity contribution in [3.63, 3.8) is 0 Å². The van der Waals surface area contributed by atoms with Gasteiger partial charge >= 0.3 is 0 Å². The molecule has 1 atom stereocenters. The highest BCUT2D eigenvalue weighted by molar-refractivity contribution is 7.99. The second-order valence-electron chi connectivity index (χ2n) is 4.23. The standard InChI is InChI=1S/C14H23NOS/c1-4-17-9-5-8-16-14-10-11(2)6-7-13(14)12(3)15/h6-7,10,12H,4-5,8-9,15H2,1-3H3/t12-/m1/s1. The normalized spacial score (nSPS) is 12.5. The number of ether oxygens (including phenoxy) is 1. The summed E-state index contributed by atoms with van der Waals surface area (Å²) >= 11 is 1.95. The third-order valence-corrected chi connectivity index (χ3v) is 3.54. The van der Waals surface area contributed by atoms with Crippen LogP contribution in [0, 0.1) is 6.92 Å². The van der Waals surface area contributed by atoms with Crippen LogP contribution in [0.5, 0.6) is 5.75 Å². The highest BCUT2D eigenvalue weighted by Gasteiger charge is 2.07.